The van der Waals surface area contributed by atoms with E-state index in [2.05, 4.69) is 0 Å². The van der Waals surface area contributed by atoms with Gasteiger partial charge < -0.3 is 0 Å². The van der Waals surface area contributed by atoms with E-state index in [1.165, 1.54) is 0 Å². The fourth-order valence-electron chi connectivity index (χ4n) is 3.07. The van der Waals surface area contributed by atoms with Gasteiger partial charge in [-0.2, -0.15) is 0 Å². The van der Waals surface area contributed by atoms with Crippen molar-refractivity contribution in [2.75, 3.05) is 0 Å². The SMILES string of the molecule is C[Si](C)(C)c1cc(-c2c(F)c(F)c(F)c(F)c2F)cc(-c2c(F)c(F)c(F)c(F)c2F)c1. The number of hydrogen-bond donors (Lipinski definition) is 0. The van der Waals surface area contributed by atoms with Crippen molar-refractivity contribution in [3.05, 3.63) is 76.4 Å². The highest BCUT2D eigenvalue weighted by atomic mass is 28.3. The molecule has 0 aliphatic rings. The molecule has 32 heavy (non-hydrogen) atoms. The molecule has 0 saturated carbocycles. The monoisotopic (exact) mass is 482 g/mol. The second-order valence-electron chi connectivity index (χ2n) is 7.94. The second kappa shape index (κ2) is 7.95. The predicted molar refractivity (Wildman–Crippen MR) is 99.9 cm³/mol. The molecule has 0 heterocycles. The van der Waals surface area contributed by atoms with Crippen molar-refractivity contribution in [2.24, 2.45) is 0 Å². The van der Waals surface area contributed by atoms with Crippen LogP contribution in [-0.4, -0.2) is 8.07 Å². The Hall–Kier alpha value is -2.82. The van der Waals surface area contributed by atoms with E-state index in [9.17, 15) is 43.9 Å². The minimum atomic E-state index is -2.52. The first-order valence-electron chi connectivity index (χ1n) is 8.87. The first-order chi connectivity index (χ1) is 14.7. The second-order valence-corrected chi connectivity index (χ2v) is 13.0. The van der Waals surface area contributed by atoms with E-state index in [4.69, 9.17) is 0 Å². The lowest BCUT2D eigenvalue weighted by molar-refractivity contribution is 0.381. The summed E-state index contributed by atoms with van der Waals surface area (Å²) in [4.78, 5) is 0. The summed E-state index contributed by atoms with van der Waals surface area (Å²) >= 11 is 0. The maximum Gasteiger partial charge on any atom is 0.200 e. The van der Waals surface area contributed by atoms with Crippen molar-refractivity contribution in [1.29, 1.82) is 0 Å². The fraction of sp³-hybridized carbons (Fsp3) is 0.143. The Morgan fingerprint density at radius 2 is 0.656 bits per heavy atom. The Bertz CT molecular complexity index is 1120. The molecule has 0 radical (unpaired) electrons. The zero-order valence-electron chi connectivity index (χ0n) is 16.5. The molecular weight excluding hydrogens is 470 g/mol. The highest BCUT2D eigenvalue weighted by Gasteiger charge is 2.31. The summed E-state index contributed by atoms with van der Waals surface area (Å²) in [5.41, 5.74) is -4.16. The van der Waals surface area contributed by atoms with Crippen molar-refractivity contribution in [3.8, 4) is 22.3 Å². The highest BCUT2D eigenvalue weighted by Crippen LogP contribution is 2.36. The molecule has 0 bridgehead atoms. The van der Waals surface area contributed by atoms with E-state index in [-0.39, 0.29) is 5.19 Å². The topological polar surface area (TPSA) is 0 Å². The summed E-state index contributed by atoms with van der Waals surface area (Å²) in [5.74, 6) is -22.7. The van der Waals surface area contributed by atoms with Gasteiger partial charge in [0.25, 0.3) is 0 Å². The number of halogens is 10. The fourth-order valence-corrected chi connectivity index (χ4v) is 4.24. The first kappa shape index (κ1) is 23.8. The summed E-state index contributed by atoms with van der Waals surface area (Å²) in [5, 5.41) is 0.192. The van der Waals surface area contributed by atoms with Crippen LogP contribution in [-0.2, 0) is 0 Å². The molecule has 0 N–H and O–H groups in total. The third-order valence-electron chi connectivity index (χ3n) is 4.80. The molecule has 3 rings (SSSR count). The lowest BCUT2D eigenvalue weighted by atomic mass is 9.97. The van der Waals surface area contributed by atoms with Crippen LogP contribution >= 0.6 is 0 Å². The van der Waals surface area contributed by atoms with Crippen molar-refractivity contribution < 1.29 is 43.9 Å². The Morgan fingerprint density at radius 3 is 0.906 bits per heavy atom. The quantitative estimate of drug-likeness (QED) is 0.164. The molecule has 0 aromatic heterocycles. The maximum atomic E-state index is 14.4. The Morgan fingerprint density at radius 1 is 0.406 bits per heavy atom. The van der Waals surface area contributed by atoms with Gasteiger partial charge in [0.15, 0.2) is 46.5 Å². The molecule has 0 unspecified atom stereocenters. The lowest BCUT2D eigenvalue weighted by Crippen LogP contribution is -2.37. The van der Waals surface area contributed by atoms with E-state index < -0.39 is 88.5 Å². The molecular formula is C21H12F10Si. The van der Waals surface area contributed by atoms with Gasteiger partial charge in [0.2, 0.25) is 11.6 Å². The van der Waals surface area contributed by atoms with E-state index in [1.54, 1.807) is 19.6 Å². The number of hydrogen-bond acceptors (Lipinski definition) is 0. The van der Waals surface area contributed by atoms with Crippen LogP contribution in [0.25, 0.3) is 22.3 Å². The third kappa shape index (κ3) is 3.68. The van der Waals surface area contributed by atoms with Gasteiger partial charge in [0, 0.05) is 0 Å². The van der Waals surface area contributed by atoms with Crippen molar-refractivity contribution in [3.63, 3.8) is 0 Å². The van der Waals surface area contributed by atoms with Gasteiger partial charge in [-0.3, -0.25) is 0 Å². The molecule has 3 aromatic carbocycles. The van der Waals surface area contributed by atoms with Crippen molar-refractivity contribution >= 4 is 13.3 Å². The summed E-state index contributed by atoms with van der Waals surface area (Å²) in [6.45, 7) is 5.02. The van der Waals surface area contributed by atoms with E-state index in [0.29, 0.717) is 6.07 Å². The van der Waals surface area contributed by atoms with Crippen LogP contribution in [0.3, 0.4) is 0 Å². The van der Waals surface area contributed by atoms with Crippen LogP contribution in [0.5, 0.6) is 0 Å². The highest BCUT2D eigenvalue weighted by molar-refractivity contribution is 6.88. The molecule has 0 spiro atoms. The molecule has 0 atom stereocenters. The summed E-state index contributed by atoms with van der Waals surface area (Å²) in [6.07, 6.45) is 0. The molecule has 0 nitrogen and oxygen atoms in total. The molecule has 0 fully saturated rings. The van der Waals surface area contributed by atoms with Crippen LogP contribution in [0.15, 0.2) is 18.2 Å². The van der Waals surface area contributed by atoms with Crippen LogP contribution < -0.4 is 5.19 Å². The molecule has 0 amide bonds. The van der Waals surface area contributed by atoms with Crippen molar-refractivity contribution in [2.45, 2.75) is 19.6 Å². The normalized spacial score (nSPS) is 11.9. The molecule has 3 aromatic rings. The van der Waals surface area contributed by atoms with Crippen molar-refractivity contribution in [1.82, 2.24) is 0 Å². The van der Waals surface area contributed by atoms with Gasteiger partial charge in [-0.1, -0.05) is 37.0 Å². The summed E-state index contributed by atoms with van der Waals surface area (Å²) < 4.78 is 139. The van der Waals surface area contributed by atoms with Crippen LogP contribution in [0.4, 0.5) is 43.9 Å². The standard InChI is InChI=1S/C21H12F10Si/c1-32(2,3)9-5-7(10-12(22)16(26)20(30)17(27)13(10)23)4-8(6-9)11-14(24)18(28)21(31)19(29)15(11)25/h4-6H,1-3H3. The molecule has 0 saturated heterocycles. The Balaban J connectivity index is 2.47. The molecule has 170 valence electrons. The molecule has 0 aliphatic heterocycles. The Labute approximate surface area is 176 Å². The van der Waals surface area contributed by atoms with E-state index >= 15 is 0 Å². The predicted octanol–water partition coefficient (Wildman–Crippen LogP) is 6.96. The number of benzene rings is 3. The van der Waals surface area contributed by atoms with Gasteiger partial charge in [-0.15, -0.1) is 0 Å². The zero-order chi connectivity index (χ0) is 24.3. The van der Waals surface area contributed by atoms with Gasteiger partial charge in [-0.05, 0) is 17.2 Å². The average molecular weight is 482 g/mol. The third-order valence-corrected chi connectivity index (χ3v) is 6.82. The Kier molecular flexibility index (Phi) is 5.92. The molecule has 0 aliphatic carbocycles. The summed E-state index contributed by atoms with van der Waals surface area (Å²) in [7, 11) is -2.52. The van der Waals surface area contributed by atoms with Gasteiger partial charge >= 0.3 is 0 Å². The van der Waals surface area contributed by atoms with Gasteiger partial charge in [0.1, 0.15) is 0 Å². The van der Waals surface area contributed by atoms with Gasteiger partial charge in [-0.25, -0.2) is 43.9 Å². The molecule has 11 heteroatoms. The maximum absolute atomic E-state index is 14.4. The van der Waals surface area contributed by atoms with E-state index in [0.717, 1.165) is 12.1 Å². The van der Waals surface area contributed by atoms with Crippen LogP contribution in [0, 0.1) is 58.2 Å². The minimum absolute atomic E-state index is 0.192. The largest absolute Gasteiger partial charge is 0.203 e. The van der Waals surface area contributed by atoms with E-state index in [1.807, 2.05) is 0 Å². The van der Waals surface area contributed by atoms with Crippen LogP contribution in [0.2, 0.25) is 19.6 Å². The average Bonchev–Trinajstić information content (AvgIpc) is 2.73. The number of rotatable bonds is 3. The first-order valence-corrected chi connectivity index (χ1v) is 12.4. The van der Waals surface area contributed by atoms with Crippen LogP contribution in [0.1, 0.15) is 0 Å². The van der Waals surface area contributed by atoms with Gasteiger partial charge in [0.05, 0.1) is 19.2 Å². The zero-order valence-corrected chi connectivity index (χ0v) is 17.5. The lowest BCUT2D eigenvalue weighted by Gasteiger charge is -2.21. The minimum Gasteiger partial charge on any atom is -0.203 e. The smallest absolute Gasteiger partial charge is 0.200 e. The summed E-state index contributed by atoms with van der Waals surface area (Å²) in [6, 6.07) is 2.71.